The van der Waals surface area contributed by atoms with E-state index in [4.69, 9.17) is 5.73 Å². The highest BCUT2D eigenvalue weighted by molar-refractivity contribution is 7.11. The second-order valence-electron chi connectivity index (χ2n) is 3.31. The van der Waals surface area contributed by atoms with E-state index in [0.29, 0.717) is 6.54 Å². The summed E-state index contributed by atoms with van der Waals surface area (Å²) in [4.78, 5) is 16.8. The van der Waals surface area contributed by atoms with Crippen LogP contribution in [0.15, 0.2) is 0 Å². The number of hydrogen-bond donors (Lipinski definition) is 2. The molecule has 0 aliphatic heterocycles. The molecule has 14 heavy (non-hydrogen) atoms. The van der Waals surface area contributed by atoms with Crippen molar-refractivity contribution in [1.82, 2.24) is 10.3 Å². The van der Waals surface area contributed by atoms with Crippen molar-refractivity contribution in [1.29, 1.82) is 0 Å². The lowest BCUT2D eigenvalue weighted by atomic mass is 10.4. The fraction of sp³-hybridized carbons (Fsp3) is 0.556. The van der Waals surface area contributed by atoms with Gasteiger partial charge in [-0.2, -0.15) is 0 Å². The van der Waals surface area contributed by atoms with Gasteiger partial charge in [0, 0.05) is 4.88 Å². The number of hydrogen-bond acceptors (Lipinski definition) is 4. The number of carbonyl (C=O) groups excluding carboxylic acids is 1. The molecular formula is C9H13N3OS. The first kappa shape index (κ1) is 9.61. The van der Waals surface area contributed by atoms with Crippen molar-refractivity contribution in [3.63, 3.8) is 0 Å². The quantitative estimate of drug-likeness (QED) is 0.751. The van der Waals surface area contributed by atoms with Gasteiger partial charge in [0.2, 0.25) is 5.91 Å². The Morgan fingerprint density at radius 3 is 3.14 bits per heavy atom. The van der Waals surface area contributed by atoms with E-state index in [0.717, 1.165) is 17.8 Å². The van der Waals surface area contributed by atoms with Gasteiger partial charge in [-0.1, -0.05) is 0 Å². The molecule has 1 aromatic heterocycles. The van der Waals surface area contributed by atoms with E-state index in [1.165, 1.54) is 17.0 Å². The summed E-state index contributed by atoms with van der Waals surface area (Å²) in [6, 6.07) is 0. The van der Waals surface area contributed by atoms with Gasteiger partial charge in [0.15, 0.2) is 0 Å². The van der Waals surface area contributed by atoms with Crippen molar-refractivity contribution in [2.45, 2.75) is 25.8 Å². The second kappa shape index (κ2) is 4.06. The number of nitrogens with one attached hydrogen (secondary N) is 1. The number of nitrogens with two attached hydrogens (primary N) is 1. The Morgan fingerprint density at radius 1 is 1.57 bits per heavy atom. The molecule has 0 saturated heterocycles. The SMILES string of the molecule is NCC(=O)NCc1nc2c(s1)CCC2. The minimum Gasteiger partial charge on any atom is -0.348 e. The second-order valence-corrected chi connectivity index (χ2v) is 4.48. The Labute approximate surface area is 86.5 Å². The van der Waals surface area contributed by atoms with Crippen LogP contribution >= 0.6 is 11.3 Å². The number of aromatic nitrogens is 1. The molecule has 3 N–H and O–H groups in total. The summed E-state index contributed by atoms with van der Waals surface area (Å²) in [5, 5.41) is 3.72. The molecule has 1 aliphatic carbocycles. The third kappa shape index (κ3) is 1.93. The van der Waals surface area contributed by atoms with Gasteiger partial charge >= 0.3 is 0 Å². The molecule has 0 aromatic carbocycles. The van der Waals surface area contributed by atoms with E-state index in [1.807, 2.05) is 0 Å². The maximum Gasteiger partial charge on any atom is 0.234 e. The summed E-state index contributed by atoms with van der Waals surface area (Å²) in [6.45, 7) is 0.568. The topological polar surface area (TPSA) is 68.0 Å². The number of aryl methyl sites for hydroxylation is 2. The Hall–Kier alpha value is -0.940. The van der Waals surface area contributed by atoms with Gasteiger partial charge < -0.3 is 11.1 Å². The molecule has 1 heterocycles. The fourth-order valence-corrected chi connectivity index (χ4v) is 2.66. The van der Waals surface area contributed by atoms with Crippen molar-refractivity contribution < 1.29 is 4.79 Å². The molecule has 1 amide bonds. The molecule has 0 atom stereocenters. The third-order valence-electron chi connectivity index (χ3n) is 2.26. The minimum absolute atomic E-state index is 0.0467. The largest absolute Gasteiger partial charge is 0.348 e. The lowest BCUT2D eigenvalue weighted by Gasteiger charge is -1.99. The monoisotopic (exact) mass is 211 g/mol. The molecule has 0 unspecified atom stereocenters. The first-order chi connectivity index (χ1) is 6.79. The van der Waals surface area contributed by atoms with Gasteiger partial charge in [0.05, 0.1) is 18.8 Å². The molecule has 0 spiro atoms. The van der Waals surface area contributed by atoms with Crippen LogP contribution in [0.2, 0.25) is 0 Å². The molecule has 1 aliphatic rings. The van der Waals surface area contributed by atoms with Crippen LogP contribution in [0.25, 0.3) is 0 Å². The van der Waals surface area contributed by atoms with Crippen molar-refractivity contribution in [3.8, 4) is 0 Å². The maximum absolute atomic E-state index is 10.9. The van der Waals surface area contributed by atoms with Crippen molar-refractivity contribution in [2.75, 3.05) is 6.54 Å². The molecule has 0 radical (unpaired) electrons. The first-order valence-corrected chi connectivity index (χ1v) is 5.55. The van der Waals surface area contributed by atoms with Crippen LogP contribution in [0, 0.1) is 0 Å². The lowest BCUT2D eigenvalue weighted by molar-refractivity contribution is -0.119. The average Bonchev–Trinajstić information content (AvgIpc) is 2.73. The highest BCUT2D eigenvalue weighted by Gasteiger charge is 2.16. The highest BCUT2D eigenvalue weighted by Crippen LogP contribution is 2.27. The van der Waals surface area contributed by atoms with Crippen LogP contribution in [0.5, 0.6) is 0 Å². The molecule has 0 bridgehead atoms. The number of rotatable bonds is 3. The highest BCUT2D eigenvalue weighted by atomic mass is 32.1. The van der Waals surface area contributed by atoms with Gasteiger partial charge in [-0.3, -0.25) is 4.79 Å². The summed E-state index contributed by atoms with van der Waals surface area (Å²) in [7, 11) is 0. The van der Waals surface area contributed by atoms with Gasteiger partial charge in [-0.05, 0) is 19.3 Å². The molecule has 5 heteroatoms. The van der Waals surface area contributed by atoms with Gasteiger partial charge in [0.1, 0.15) is 5.01 Å². The lowest BCUT2D eigenvalue weighted by Crippen LogP contribution is -2.29. The van der Waals surface area contributed by atoms with Crippen LogP contribution in [0.1, 0.15) is 22.0 Å². The van der Waals surface area contributed by atoms with Crippen LogP contribution in [-0.2, 0) is 24.2 Å². The average molecular weight is 211 g/mol. The van der Waals surface area contributed by atoms with Crippen LogP contribution in [0.4, 0.5) is 0 Å². The van der Waals surface area contributed by atoms with E-state index < -0.39 is 0 Å². The van der Waals surface area contributed by atoms with E-state index in [1.54, 1.807) is 11.3 Å². The smallest absolute Gasteiger partial charge is 0.234 e. The minimum atomic E-state index is -0.125. The zero-order chi connectivity index (χ0) is 9.97. The Bertz CT molecular complexity index is 326. The molecule has 1 aromatic rings. The normalized spacial score (nSPS) is 14.1. The van der Waals surface area contributed by atoms with Crippen LogP contribution < -0.4 is 11.1 Å². The first-order valence-electron chi connectivity index (χ1n) is 4.74. The zero-order valence-electron chi connectivity index (χ0n) is 7.88. The molecule has 76 valence electrons. The summed E-state index contributed by atoms with van der Waals surface area (Å²) in [5.41, 5.74) is 6.41. The number of amides is 1. The Morgan fingerprint density at radius 2 is 2.43 bits per heavy atom. The predicted octanol–water partition coefficient (Wildman–Crippen LogP) is 0.207. The van der Waals surface area contributed by atoms with Crippen LogP contribution in [-0.4, -0.2) is 17.4 Å². The number of fused-ring (bicyclic) bond motifs is 1. The van der Waals surface area contributed by atoms with Gasteiger partial charge in [-0.25, -0.2) is 4.98 Å². The zero-order valence-corrected chi connectivity index (χ0v) is 8.69. The van der Waals surface area contributed by atoms with E-state index in [-0.39, 0.29) is 12.5 Å². The maximum atomic E-state index is 10.9. The molecule has 2 rings (SSSR count). The van der Waals surface area contributed by atoms with E-state index >= 15 is 0 Å². The summed E-state index contributed by atoms with van der Waals surface area (Å²) in [6.07, 6.45) is 3.47. The molecule has 0 saturated carbocycles. The fourth-order valence-electron chi connectivity index (χ4n) is 1.57. The standard InChI is InChI=1S/C9H13N3OS/c10-4-8(13)11-5-9-12-6-2-1-3-7(6)14-9/h1-5,10H2,(H,11,13). The van der Waals surface area contributed by atoms with Crippen molar-refractivity contribution >= 4 is 17.2 Å². The number of carbonyl (C=O) groups is 1. The molecule has 0 fully saturated rings. The van der Waals surface area contributed by atoms with E-state index in [2.05, 4.69) is 10.3 Å². The Balaban J connectivity index is 1.94. The van der Waals surface area contributed by atoms with Crippen molar-refractivity contribution in [3.05, 3.63) is 15.6 Å². The summed E-state index contributed by atoms with van der Waals surface area (Å²) < 4.78 is 0. The van der Waals surface area contributed by atoms with Crippen LogP contribution in [0.3, 0.4) is 0 Å². The third-order valence-corrected chi connectivity index (χ3v) is 3.42. The summed E-state index contributed by atoms with van der Waals surface area (Å²) in [5.74, 6) is -0.125. The number of nitrogens with zero attached hydrogens (tertiary/aromatic N) is 1. The predicted molar refractivity (Wildman–Crippen MR) is 55.0 cm³/mol. The number of thiazole rings is 1. The van der Waals surface area contributed by atoms with Crippen molar-refractivity contribution in [2.24, 2.45) is 5.73 Å². The van der Waals surface area contributed by atoms with E-state index in [9.17, 15) is 4.79 Å². The summed E-state index contributed by atoms with van der Waals surface area (Å²) >= 11 is 1.71. The van der Waals surface area contributed by atoms with Gasteiger partial charge in [-0.15, -0.1) is 11.3 Å². The molecule has 4 nitrogen and oxygen atoms in total. The van der Waals surface area contributed by atoms with Gasteiger partial charge in [0.25, 0.3) is 0 Å². The molecular weight excluding hydrogens is 198 g/mol. The Kier molecular flexibility index (Phi) is 2.79.